The van der Waals surface area contributed by atoms with Gasteiger partial charge in [-0.3, -0.25) is 4.79 Å². The largest absolute Gasteiger partial charge is 0.387 e. The van der Waals surface area contributed by atoms with Gasteiger partial charge in [0.25, 0.3) is 5.91 Å². The third kappa shape index (κ3) is 3.94. The van der Waals surface area contributed by atoms with E-state index < -0.39 is 0 Å². The van der Waals surface area contributed by atoms with Crippen LogP contribution in [0.5, 0.6) is 0 Å². The lowest BCUT2D eigenvalue weighted by molar-refractivity contribution is -0.110. The first kappa shape index (κ1) is 17.5. The summed E-state index contributed by atoms with van der Waals surface area (Å²) in [4.78, 5) is 20.3. The number of carbonyl (C=O) groups excluding carboxylic acids is 1. The van der Waals surface area contributed by atoms with Gasteiger partial charge < -0.3 is 15.1 Å². The first-order valence-electron chi connectivity index (χ1n) is 9.34. The van der Waals surface area contributed by atoms with Crippen LogP contribution in [-0.2, 0) is 9.63 Å². The Morgan fingerprint density at radius 1 is 1.11 bits per heavy atom. The summed E-state index contributed by atoms with van der Waals surface area (Å²) in [7, 11) is 0. The van der Waals surface area contributed by atoms with Crippen LogP contribution < -0.4 is 10.2 Å². The fraction of sp³-hybridized carbons (Fsp3) is 0.333. The van der Waals surface area contributed by atoms with Gasteiger partial charge in [-0.1, -0.05) is 35.5 Å². The van der Waals surface area contributed by atoms with Crippen molar-refractivity contribution in [1.29, 1.82) is 0 Å². The minimum atomic E-state index is -0.377. The summed E-state index contributed by atoms with van der Waals surface area (Å²) < 4.78 is 13.8. The van der Waals surface area contributed by atoms with Crippen molar-refractivity contribution in [2.45, 2.75) is 31.8 Å². The molecule has 1 N–H and O–H groups in total. The number of benzene rings is 2. The molecule has 0 radical (unpaired) electrons. The number of hydrogen-bond donors (Lipinski definition) is 1. The molecule has 4 rings (SSSR count). The standard InChI is InChI=1S/C21H22FN3O2/c22-16-9-10-19(25-11-5-2-6-12-25)17(13-16)23-21(26)18-14-20(27-24-18)15-7-3-1-4-8-15/h1,3-4,7-10,13,20H,2,5-6,11-12,14H2,(H,23,26). The highest BCUT2D eigenvalue weighted by atomic mass is 19.1. The molecule has 1 unspecified atom stereocenters. The summed E-state index contributed by atoms with van der Waals surface area (Å²) in [6, 6.07) is 14.2. The topological polar surface area (TPSA) is 53.9 Å². The number of anilines is 2. The molecule has 140 valence electrons. The van der Waals surface area contributed by atoms with Gasteiger partial charge in [-0.15, -0.1) is 0 Å². The third-order valence-electron chi connectivity index (χ3n) is 5.01. The molecule has 0 saturated carbocycles. The quantitative estimate of drug-likeness (QED) is 0.878. The summed E-state index contributed by atoms with van der Waals surface area (Å²) in [6.07, 6.45) is 3.54. The molecule has 2 aromatic carbocycles. The molecule has 1 fully saturated rings. The van der Waals surface area contributed by atoms with E-state index in [1.807, 2.05) is 30.3 Å². The van der Waals surface area contributed by atoms with Gasteiger partial charge >= 0.3 is 0 Å². The second-order valence-electron chi connectivity index (χ2n) is 6.91. The van der Waals surface area contributed by atoms with Crippen LogP contribution in [0.15, 0.2) is 53.7 Å². The number of oxime groups is 1. The normalized spacial score (nSPS) is 19.4. The lowest BCUT2D eigenvalue weighted by Gasteiger charge is -2.30. The Hall–Kier alpha value is -2.89. The molecule has 2 aliphatic heterocycles. The Morgan fingerprint density at radius 2 is 1.89 bits per heavy atom. The zero-order valence-electron chi connectivity index (χ0n) is 15.0. The van der Waals surface area contributed by atoms with Crippen molar-refractivity contribution in [2.75, 3.05) is 23.3 Å². The number of hydrogen-bond acceptors (Lipinski definition) is 4. The average Bonchev–Trinajstić information content (AvgIpc) is 3.20. The second-order valence-corrected chi connectivity index (χ2v) is 6.91. The number of rotatable bonds is 4. The van der Waals surface area contributed by atoms with E-state index in [0.29, 0.717) is 17.8 Å². The zero-order valence-corrected chi connectivity index (χ0v) is 15.0. The van der Waals surface area contributed by atoms with Crippen LogP contribution in [0, 0.1) is 5.82 Å². The number of nitrogens with zero attached hydrogens (tertiary/aromatic N) is 2. The number of halogens is 1. The van der Waals surface area contributed by atoms with Gasteiger partial charge in [0.1, 0.15) is 11.5 Å². The van der Waals surface area contributed by atoms with Crippen LogP contribution >= 0.6 is 0 Å². The third-order valence-corrected chi connectivity index (χ3v) is 5.01. The fourth-order valence-electron chi connectivity index (χ4n) is 3.57. The number of nitrogens with one attached hydrogen (secondary N) is 1. The maximum atomic E-state index is 13.8. The van der Waals surface area contributed by atoms with Crippen molar-refractivity contribution in [3.63, 3.8) is 0 Å². The maximum absolute atomic E-state index is 13.8. The van der Waals surface area contributed by atoms with E-state index in [2.05, 4.69) is 15.4 Å². The van der Waals surface area contributed by atoms with Gasteiger partial charge in [0.15, 0.2) is 6.10 Å². The molecule has 0 spiro atoms. The van der Waals surface area contributed by atoms with Crippen molar-refractivity contribution in [2.24, 2.45) is 5.16 Å². The van der Waals surface area contributed by atoms with Crippen molar-refractivity contribution in [3.05, 3.63) is 59.9 Å². The van der Waals surface area contributed by atoms with Crippen molar-refractivity contribution in [3.8, 4) is 0 Å². The number of carbonyl (C=O) groups is 1. The lowest BCUT2D eigenvalue weighted by Crippen LogP contribution is -2.31. The van der Waals surface area contributed by atoms with Crippen molar-refractivity contribution in [1.82, 2.24) is 0 Å². The first-order chi connectivity index (χ1) is 13.2. The Kier molecular flexibility index (Phi) is 5.05. The van der Waals surface area contributed by atoms with Gasteiger partial charge in [-0.2, -0.15) is 0 Å². The lowest BCUT2D eigenvalue weighted by atomic mass is 10.0. The van der Waals surface area contributed by atoms with Crippen LogP contribution in [0.25, 0.3) is 0 Å². The van der Waals surface area contributed by atoms with Gasteiger partial charge in [-0.05, 0) is 43.0 Å². The van der Waals surface area contributed by atoms with E-state index >= 15 is 0 Å². The average molecular weight is 367 g/mol. The van der Waals surface area contributed by atoms with E-state index in [1.165, 1.54) is 18.6 Å². The SMILES string of the molecule is O=C(Nc1cc(F)ccc1N1CCCCC1)C1=NOC(c2ccccc2)C1. The Morgan fingerprint density at radius 3 is 2.67 bits per heavy atom. The molecular weight excluding hydrogens is 345 g/mol. The van der Waals surface area contributed by atoms with Crippen LogP contribution in [0.4, 0.5) is 15.8 Å². The van der Waals surface area contributed by atoms with Crippen LogP contribution in [-0.4, -0.2) is 24.7 Å². The molecule has 27 heavy (non-hydrogen) atoms. The Labute approximate surface area is 157 Å². The molecule has 0 aromatic heterocycles. The van der Waals surface area contributed by atoms with E-state index in [-0.39, 0.29) is 17.8 Å². The van der Waals surface area contributed by atoms with Crippen LogP contribution in [0.2, 0.25) is 0 Å². The molecule has 2 aromatic rings. The molecule has 0 aliphatic carbocycles. The highest BCUT2D eigenvalue weighted by Gasteiger charge is 2.28. The molecular formula is C21H22FN3O2. The van der Waals surface area contributed by atoms with Gasteiger partial charge in [-0.25, -0.2) is 4.39 Å². The predicted molar refractivity (Wildman–Crippen MR) is 103 cm³/mol. The van der Waals surface area contributed by atoms with Crippen LogP contribution in [0.3, 0.4) is 0 Å². The van der Waals surface area contributed by atoms with Gasteiger partial charge in [0, 0.05) is 19.5 Å². The summed E-state index contributed by atoms with van der Waals surface area (Å²) in [5, 5.41) is 6.78. The van der Waals surface area contributed by atoms with E-state index in [4.69, 9.17) is 4.84 Å². The highest BCUT2D eigenvalue weighted by molar-refractivity contribution is 6.43. The van der Waals surface area contributed by atoms with Gasteiger partial charge in [0.05, 0.1) is 11.4 Å². The molecule has 2 aliphatic rings. The smallest absolute Gasteiger partial charge is 0.273 e. The van der Waals surface area contributed by atoms with Crippen molar-refractivity contribution < 1.29 is 14.0 Å². The molecule has 1 atom stereocenters. The summed E-state index contributed by atoms with van der Waals surface area (Å²) >= 11 is 0. The van der Waals surface area contributed by atoms with E-state index in [9.17, 15) is 9.18 Å². The summed E-state index contributed by atoms with van der Waals surface area (Å²) in [5.74, 6) is -0.727. The number of amides is 1. The molecule has 5 nitrogen and oxygen atoms in total. The minimum absolute atomic E-state index is 0.263. The monoisotopic (exact) mass is 367 g/mol. The summed E-state index contributed by atoms with van der Waals surface area (Å²) in [6.45, 7) is 1.82. The highest BCUT2D eigenvalue weighted by Crippen LogP contribution is 2.31. The number of piperidine rings is 1. The Balaban J connectivity index is 1.47. The van der Waals surface area contributed by atoms with E-state index in [0.717, 1.165) is 37.2 Å². The second kappa shape index (κ2) is 7.78. The van der Waals surface area contributed by atoms with Crippen molar-refractivity contribution >= 4 is 23.0 Å². The predicted octanol–water partition coefficient (Wildman–Crippen LogP) is 4.27. The Bertz CT molecular complexity index is 848. The summed E-state index contributed by atoms with van der Waals surface area (Å²) in [5.41, 5.74) is 2.62. The molecule has 6 heteroatoms. The van der Waals surface area contributed by atoms with E-state index in [1.54, 1.807) is 6.07 Å². The zero-order chi connectivity index (χ0) is 18.6. The molecule has 1 saturated heterocycles. The van der Waals surface area contributed by atoms with Crippen LogP contribution in [0.1, 0.15) is 37.4 Å². The molecule has 0 bridgehead atoms. The minimum Gasteiger partial charge on any atom is -0.387 e. The molecule has 2 heterocycles. The first-order valence-corrected chi connectivity index (χ1v) is 9.34. The molecule has 1 amide bonds. The van der Waals surface area contributed by atoms with Gasteiger partial charge in [0.2, 0.25) is 0 Å². The fourth-order valence-corrected chi connectivity index (χ4v) is 3.57. The maximum Gasteiger partial charge on any atom is 0.273 e.